The van der Waals surface area contributed by atoms with Crippen molar-refractivity contribution in [2.45, 2.75) is 26.6 Å². The average Bonchev–Trinajstić information content (AvgIpc) is 3.41. The normalized spacial score (nSPS) is 11.3. The number of oxazole rings is 1. The topological polar surface area (TPSA) is 47.7 Å². The molecule has 0 aliphatic heterocycles. The molecule has 0 atom stereocenters. The van der Waals surface area contributed by atoms with Gasteiger partial charge in [0.25, 0.3) is 0 Å². The minimum absolute atomic E-state index is 0.548. The fourth-order valence-electron chi connectivity index (χ4n) is 3.19. The third kappa shape index (κ3) is 4.78. The van der Waals surface area contributed by atoms with Gasteiger partial charge < -0.3 is 13.9 Å². The molecule has 0 amide bonds. The highest BCUT2D eigenvalue weighted by Crippen LogP contribution is 2.30. The van der Waals surface area contributed by atoms with E-state index in [1.54, 1.807) is 18.4 Å². The highest BCUT2D eigenvalue weighted by molar-refractivity contribution is 7.09. The van der Waals surface area contributed by atoms with Crippen LogP contribution < -0.4 is 9.47 Å². The first-order valence-electron chi connectivity index (χ1n) is 9.64. The monoisotopic (exact) mass is 408 g/mol. The van der Waals surface area contributed by atoms with E-state index in [4.69, 9.17) is 13.9 Å². The van der Waals surface area contributed by atoms with E-state index in [0.717, 1.165) is 47.1 Å². The molecule has 0 radical (unpaired) electrons. The number of fused-ring (bicyclic) bond motifs is 1. The number of hydrogen-bond acceptors (Lipinski definition) is 6. The Morgan fingerprint density at radius 1 is 1.03 bits per heavy atom. The minimum atomic E-state index is 0.548. The van der Waals surface area contributed by atoms with Crippen LogP contribution in [-0.2, 0) is 19.7 Å². The van der Waals surface area contributed by atoms with Crippen molar-refractivity contribution in [3.05, 3.63) is 76.3 Å². The van der Waals surface area contributed by atoms with Gasteiger partial charge in [-0.05, 0) is 47.8 Å². The van der Waals surface area contributed by atoms with Gasteiger partial charge in [-0.3, -0.25) is 4.90 Å². The molecule has 0 unspecified atom stereocenters. The van der Waals surface area contributed by atoms with Crippen LogP contribution in [0.2, 0.25) is 0 Å². The lowest BCUT2D eigenvalue weighted by atomic mass is 10.2. The molecule has 29 heavy (non-hydrogen) atoms. The van der Waals surface area contributed by atoms with Crippen LogP contribution in [0.5, 0.6) is 11.5 Å². The SMILES string of the molecule is CCN(Cc1ccc(OCc2cccs2)c(OC)c1)Cc1nc2ccccc2o1. The Morgan fingerprint density at radius 3 is 2.69 bits per heavy atom. The molecule has 4 rings (SSSR count). The molecule has 5 nitrogen and oxygen atoms in total. The van der Waals surface area contributed by atoms with E-state index in [2.05, 4.69) is 34.3 Å². The van der Waals surface area contributed by atoms with Crippen LogP contribution in [-0.4, -0.2) is 23.5 Å². The molecular formula is C23H24N2O3S. The number of benzene rings is 2. The molecule has 0 spiro atoms. The van der Waals surface area contributed by atoms with Crippen molar-refractivity contribution in [1.82, 2.24) is 9.88 Å². The maximum absolute atomic E-state index is 5.93. The molecule has 6 heteroatoms. The molecule has 0 saturated carbocycles. The van der Waals surface area contributed by atoms with Crippen LogP contribution in [0.1, 0.15) is 23.3 Å². The number of thiophene rings is 1. The van der Waals surface area contributed by atoms with Crippen molar-refractivity contribution < 1.29 is 13.9 Å². The number of hydrogen-bond donors (Lipinski definition) is 0. The van der Waals surface area contributed by atoms with Crippen molar-refractivity contribution in [2.24, 2.45) is 0 Å². The third-order valence-electron chi connectivity index (χ3n) is 4.73. The Hall–Kier alpha value is -2.83. The Morgan fingerprint density at radius 2 is 1.93 bits per heavy atom. The standard InChI is InChI=1S/C23H24N2O3S/c1-3-25(15-23-24-19-8-4-5-9-20(19)28-23)14-17-10-11-21(22(13-17)26-2)27-16-18-7-6-12-29-18/h4-13H,3,14-16H2,1-2H3. The summed E-state index contributed by atoms with van der Waals surface area (Å²) in [6.07, 6.45) is 0. The zero-order valence-electron chi connectivity index (χ0n) is 16.6. The van der Waals surface area contributed by atoms with Gasteiger partial charge in [-0.1, -0.05) is 31.2 Å². The van der Waals surface area contributed by atoms with Gasteiger partial charge in [0.2, 0.25) is 5.89 Å². The second-order valence-electron chi connectivity index (χ2n) is 6.73. The molecule has 150 valence electrons. The summed E-state index contributed by atoms with van der Waals surface area (Å²) >= 11 is 1.69. The van der Waals surface area contributed by atoms with E-state index >= 15 is 0 Å². The van der Waals surface area contributed by atoms with Gasteiger partial charge in [0.05, 0.1) is 13.7 Å². The first kappa shape index (κ1) is 19.5. The van der Waals surface area contributed by atoms with E-state index in [9.17, 15) is 0 Å². The zero-order valence-corrected chi connectivity index (χ0v) is 17.4. The predicted octanol–water partition coefficient (Wildman–Crippen LogP) is 5.50. The van der Waals surface area contributed by atoms with Crippen LogP contribution in [0.25, 0.3) is 11.1 Å². The Balaban J connectivity index is 1.43. The first-order valence-corrected chi connectivity index (χ1v) is 10.5. The lowest BCUT2D eigenvalue weighted by molar-refractivity contribution is 0.244. The van der Waals surface area contributed by atoms with Crippen molar-refractivity contribution in [3.8, 4) is 11.5 Å². The van der Waals surface area contributed by atoms with Crippen LogP contribution in [0.15, 0.2) is 64.4 Å². The largest absolute Gasteiger partial charge is 0.493 e. The average molecular weight is 409 g/mol. The molecule has 4 aromatic rings. The Labute approximate surface area is 174 Å². The maximum atomic E-state index is 5.93. The molecule has 2 heterocycles. The van der Waals surface area contributed by atoms with Crippen LogP contribution in [0.4, 0.5) is 0 Å². The quantitative estimate of drug-likeness (QED) is 0.366. The number of methoxy groups -OCH3 is 1. The van der Waals surface area contributed by atoms with Gasteiger partial charge in [0, 0.05) is 11.4 Å². The lowest BCUT2D eigenvalue weighted by Crippen LogP contribution is -2.22. The van der Waals surface area contributed by atoms with Crippen molar-refractivity contribution in [3.63, 3.8) is 0 Å². The molecule has 0 aliphatic rings. The molecule has 2 aromatic heterocycles. The van der Waals surface area contributed by atoms with E-state index in [1.165, 1.54) is 4.88 Å². The molecule has 0 N–H and O–H groups in total. The van der Waals surface area contributed by atoms with E-state index in [1.807, 2.05) is 42.5 Å². The van der Waals surface area contributed by atoms with Gasteiger partial charge in [0.1, 0.15) is 12.1 Å². The number of nitrogens with zero attached hydrogens (tertiary/aromatic N) is 2. The summed E-state index contributed by atoms with van der Waals surface area (Å²) in [5.74, 6) is 2.24. The van der Waals surface area contributed by atoms with E-state index in [-0.39, 0.29) is 0 Å². The number of ether oxygens (including phenoxy) is 2. The summed E-state index contributed by atoms with van der Waals surface area (Å²) in [4.78, 5) is 8.06. The first-order chi connectivity index (χ1) is 14.2. The molecular weight excluding hydrogens is 384 g/mol. The summed E-state index contributed by atoms with van der Waals surface area (Å²) in [5, 5.41) is 2.05. The summed E-state index contributed by atoms with van der Waals surface area (Å²) in [6, 6.07) is 18.1. The molecule has 0 fully saturated rings. The third-order valence-corrected chi connectivity index (χ3v) is 5.58. The number of para-hydroxylation sites is 2. The maximum Gasteiger partial charge on any atom is 0.209 e. The predicted molar refractivity (Wildman–Crippen MR) is 115 cm³/mol. The summed E-state index contributed by atoms with van der Waals surface area (Å²) in [6.45, 7) is 5.00. The number of aromatic nitrogens is 1. The Bertz CT molecular complexity index is 1030. The van der Waals surface area contributed by atoms with Crippen LogP contribution in [0, 0.1) is 0 Å². The smallest absolute Gasteiger partial charge is 0.209 e. The highest BCUT2D eigenvalue weighted by atomic mass is 32.1. The zero-order chi connectivity index (χ0) is 20.1. The van der Waals surface area contributed by atoms with Crippen molar-refractivity contribution in [1.29, 1.82) is 0 Å². The fourth-order valence-corrected chi connectivity index (χ4v) is 3.81. The highest BCUT2D eigenvalue weighted by Gasteiger charge is 2.13. The Kier molecular flexibility index (Phi) is 6.12. The van der Waals surface area contributed by atoms with E-state index in [0.29, 0.717) is 13.2 Å². The fraction of sp³-hybridized carbons (Fsp3) is 0.261. The van der Waals surface area contributed by atoms with Gasteiger partial charge in [0.15, 0.2) is 17.1 Å². The van der Waals surface area contributed by atoms with Crippen LogP contribution in [0.3, 0.4) is 0 Å². The van der Waals surface area contributed by atoms with Crippen LogP contribution >= 0.6 is 11.3 Å². The van der Waals surface area contributed by atoms with Gasteiger partial charge in [-0.25, -0.2) is 4.98 Å². The second kappa shape index (κ2) is 9.11. The van der Waals surface area contributed by atoms with Gasteiger partial charge in [-0.2, -0.15) is 0 Å². The molecule has 0 saturated heterocycles. The molecule has 0 bridgehead atoms. The van der Waals surface area contributed by atoms with Crippen molar-refractivity contribution >= 4 is 22.4 Å². The summed E-state index contributed by atoms with van der Waals surface area (Å²) < 4.78 is 17.4. The van der Waals surface area contributed by atoms with Gasteiger partial charge in [-0.15, -0.1) is 11.3 Å². The number of rotatable bonds is 9. The lowest BCUT2D eigenvalue weighted by Gasteiger charge is -2.19. The van der Waals surface area contributed by atoms with Crippen molar-refractivity contribution in [2.75, 3.05) is 13.7 Å². The van der Waals surface area contributed by atoms with Gasteiger partial charge >= 0.3 is 0 Å². The van der Waals surface area contributed by atoms with E-state index < -0.39 is 0 Å². The second-order valence-corrected chi connectivity index (χ2v) is 7.76. The summed E-state index contributed by atoms with van der Waals surface area (Å²) in [7, 11) is 1.67. The molecule has 2 aromatic carbocycles. The minimum Gasteiger partial charge on any atom is -0.493 e. The molecule has 0 aliphatic carbocycles. The summed E-state index contributed by atoms with van der Waals surface area (Å²) in [5.41, 5.74) is 2.88.